The van der Waals surface area contributed by atoms with Gasteiger partial charge in [0, 0.05) is 17.0 Å². The fourth-order valence-electron chi connectivity index (χ4n) is 1.47. The van der Waals surface area contributed by atoms with Gasteiger partial charge < -0.3 is 9.84 Å². The van der Waals surface area contributed by atoms with Gasteiger partial charge in [-0.15, -0.1) is 11.8 Å². The van der Waals surface area contributed by atoms with Crippen LogP contribution >= 0.6 is 11.8 Å². The van der Waals surface area contributed by atoms with Crippen LogP contribution in [0.4, 0.5) is 14.6 Å². The van der Waals surface area contributed by atoms with Crippen LogP contribution in [0, 0.1) is 18.6 Å². The third kappa shape index (κ3) is 3.57. The summed E-state index contributed by atoms with van der Waals surface area (Å²) >= 11 is 1.00. The summed E-state index contributed by atoms with van der Waals surface area (Å²) in [5.74, 6) is -0.800. The van der Waals surface area contributed by atoms with E-state index in [0.29, 0.717) is 11.6 Å². The molecule has 1 amide bonds. The number of thioether (sulfide) groups is 1. The number of halogens is 2. The number of amides is 1. The number of hydrogen-bond donors (Lipinski definition) is 1. The zero-order chi connectivity index (χ0) is 14.7. The number of nitrogens with one attached hydrogen (secondary N) is 1. The SMILES string of the molecule is Cc1cc(NC(=O)C(C)Sc2ccc(F)cc2F)no1. The zero-order valence-electron chi connectivity index (χ0n) is 10.8. The predicted octanol–water partition coefficient (Wildman–Crippen LogP) is 3.38. The summed E-state index contributed by atoms with van der Waals surface area (Å²) in [6.45, 7) is 3.32. The maximum atomic E-state index is 13.5. The van der Waals surface area contributed by atoms with Gasteiger partial charge in [0.15, 0.2) is 5.82 Å². The number of rotatable bonds is 4. The smallest absolute Gasteiger partial charge is 0.238 e. The average molecular weight is 298 g/mol. The van der Waals surface area contributed by atoms with Gasteiger partial charge in [0.2, 0.25) is 5.91 Å². The molecule has 0 aliphatic carbocycles. The first-order chi connectivity index (χ1) is 9.45. The number of hydrogen-bond acceptors (Lipinski definition) is 4. The van der Waals surface area contributed by atoms with Gasteiger partial charge in [-0.25, -0.2) is 8.78 Å². The molecular formula is C13H12F2N2O2S. The molecule has 0 fully saturated rings. The molecule has 7 heteroatoms. The highest BCUT2D eigenvalue weighted by Gasteiger charge is 2.18. The Labute approximate surface area is 118 Å². The summed E-state index contributed by atoms with van der Waals surface area (Å²) in [6.07, 6.45) is 0. The Kier molecular flexibility index (Phi) is 4.39. The molecule has 106 valence electrons. The van der Waals surface area contributed by atoms with E-state index in [1.54, 1.807) is 19.9 Å². The number of nitrogens with zero attached hydrogens (tertiary/aromatic N) is 1. The average Bonchev–Trinajstić information content (AvgIpc) is 2.78. The van der Waals surface area contributed by atoms with Crippen molar-refractivity contribution in [2.45, 2.75) is 24.0 Å². The summed E-state index contributed by atoms with van der Waals surface area (Å²) in [5, 5.41) is 5.62. The van der Waals surface area contributed by atoms with Crippen LogP contribution in [0.1, 0.15) is 12.7 Å². The van der Waals surface area contributed by atoms with E-state index in [0.717, 1.165) is 23.9 Å². The Morgan fingerprint density at radius 2 is 2.15 bits per heavy atom. The van der Waals surface area contributed by atoms with E-state index in [2.05, 4.69) is 10.5 Å². The van der Waals surface area contributed by atoms with Crippen LogP contribution in [0.3, 0.4) is 0 Å². The van der Waals surface area contributed by atoms with Crippen molar-refractivity contribution in [3.63, 3.8) is 0 Å². The van der Waals surface area contributed by atoms with Crippen LogP contribution in [0.15, 0.2) is 33.7 Å². The summed E-state index contributed by atoms with van der Waals surface area (Å²) in [6, 6.07) is 4.82. The second-order valence-electron chi connectivity index (χ2n) is 4.15. The van der Waals surface area contributed by atoms with Crippen LogP contribution in [0.2, 0.25) is 0 Å². The molecule has 1 atom stereocenters. The Morgan fingerprint density at radius 1 is 1.40 bits per heavy atom. The van der Waals surface area contributed by atoms with Gasteiger partial charge in [-0.3, -0.25) is 4.79 Å². The minimum atomic E-state index is -0.688. The van der Waals surface area contributed by atoms with Gasteiger partial charge in [-0.05, 0) is 26.0 Å². The van der Waals surface area contributed by atoms with Crippen LogP contribution in [0.5, 0.6) is 0 Å². The second-order valence-corrected chi connectivity index (χ2v) is 5.53. The van der Waals surface area contributed by atoms with Crippen molar-refractivity contribution < 1.29 is 18.1 Å². The standard InChI is InChI=1S/C13H12F2N2O2S/c1-7-5-12(17-19-7)16-13(18)8(2)20-11-4-3-9(14)6-10(11)15/h3-6,8H,1-2H3,(H,16,17,18). The van der Waals surface area contributed by atoms with Crippen molar-refractivity contribution in [2.24, 2.45) is 0 Å². The van der Waals surface area contributed by atoms with E-state index < -0.39 is 16.9 Å². The lowest BCUT2D eigenvalue weighted by molar-refractivity contribution is -0.115. The van der Waals surface area contributed by atoms with Gasteiger partial charge in [0.1, 0.15) is 17.4 Å². The topological polar surface area (TPSA) is 55.1 Å². The molecule has 0 aliphatic rings. The Hall–Kier alpha value is -1.89. The van der Waals surface area contributed by atoms with Gasteiger partial charge in [0.05, 0.1) is 5.25 Å². The summed E-state index contributed by atoms with van der Waals surface area (Å²) in [7, 11) is 0. The molecule has 0 bridgehead atoms. The normalized spacial score (nSPS) is 12.2. The number of benzene rings is 1. The summed E-state index contributed by atoms with van der Waals surface area (Å²) in [4.78, 5) is 12.1. The van der Waals surface area contributed by atoms with Crippen molar-refractivity contribution in [2.75, 3.05) is 5.32 Å². The first-order valence-electron chi connectivity index (χ1n) is 5.81. The minimum Gasteiger partial charge on any atom is -0.360 e. The molecule has 1 aromatic carbocycles. The highest BCUT2D eigenvalue weighted by Crippen LogP contribution is 2.27. The van der Waals surface area contributed by atoms with Gasteiger partial charge >= 0.3 is 0 Å². The summed E-state index contributed by atoms with van der Waals surface area (Å²) < 4.78 is 31.1. The largest absolute Gasteiger partial charge is 0.360 e. The molecule has 1 unspecified atom stereocenters. The molecule has 1 N–H and O–H groups in total. The van der Waals surface area contributed by atoms with E-state index in [9.17, 15) is 13.6 Å². The zero-order valence-corrected chi connectivity index (χ0v) is 11.6. The Morgan fingerprint density at radius 3 is 2.75 bits per heavy atom. The van der Waals surface area contributed by atoms with Crippen molar-refractivity contribution >= 4 is 23.5 Å². The first-order valence-corrected chi connectivity index (χ1v) is 6.69. The predicted molar refractivity (Wildman–Crippen MR) is 71.5 cm³/mol. The fourth-order valence-corrected chi connectivity index (χ4v) is 2.33. The fraction of sp³-hybridized carbons (Fsp3) is 0.231. The molecule has 0 saturated heterocycles. The van der Waals surface area contributed by atoms with Gasteiger partial charge in [-0.2, -0.15) is 0 Å². The van der Waals surface area contributed by atoms with Crippen molar-refractivity contribution in [3.8, 4) is 0 Å². The number of carbonyl (C=O) groups excluding carboxylic acids is 1. The van der Waals surface area contributed by atoms with E-state index in [1.807, 2.05) is 0 Å². The van der Waals surface area contributed by atoms with Crippen LogP contribution in [0.25, 0.3) is 0 Å². The van der Waals surface area contributed by atoms with E-state index >= 15 is 0 Å². The third-order valence-corrected chi connectivity index (χ3v) is 3.60. The minimum absolute atomic E-state index is 0.213. The number of aryl methyl sites for hydroxylation is 1. The number of carbonyl (C=O) groups is 1. The highest BCUT2D eigenvalue weighted by molar-refractivity contribution is 8.00. The molecule has 20 heavy (non-hydrogen) atoms. The lowest BCUT2D eigenvalue weighted by Crippen LogP contribution is -2.22. The van der Waals surface area contributed by atoms with E-state index in [-0.39, 0.29) is 10.8 Å². The summed E-state index contributed by atoms with van der Waals surface area (Å²) in [5.41, 5.74) is 0. The van der Waals surface area contributed by atoms with Crippen molar-refractivity contribution in [3.05, 3.63) is 41.7 Å². The first kappa shape index (κ1) is 14.5. The quantitative estimate of drug-likeness (QED) is 0.879. The van der Waals surface area contributed by atoms with Crippen molar-refractivity contribution in [1.82, 2.24) is 5.16 Å². The molecule has 0 spiro atoms. The van der Waals surface area contributed by atoms with Crippen LogP contribution in [-0.4, -0.2) is 16.3 Å². The molecule has 0 radical (unpaired) electrons. The van der Waals surface area contributed by atoms with E-state index in [1.165, 1.54) is 6.07 Å². The molecule has 0 aliphatic heterocycles. The Bertz CT molecular complexity index is 631. The van der Waals surface area contributed by atoms with Gasteiger partial charge in [-0.1, -0.05) is 5.16 Å². The highest BCUT2D eigenvalue weighted by atomic mass is 32.2. The Balaban J connectivity index is 2.00. The molecule has 1 aromatic heterocycles. The molecule has 2 rings (SSSR count). The lowest BCUT2D eigenvalue weighted by atomic mass is 10.3. The van der Waals surface area contributed by atoms with Crippen molar-refractivity contribution in [1.29, 1.82) is 0 Å². The van der Waals surface area contributed by atoms with E-state index in [4.69, 9.17) is 4.52 Å². The number of anilines is 1. The molecular weight excluding hydrogens is 286 g/mol. The molecule has 4 nitrogen and oxygen atoms in total. The molecule has 0 saturated carbocycles. The molecule has 2 aromatic rings. The maximum absolute atomic E-state index is 13.5. The van der Waals surface area contributed by atoms with Gasteiger partial charge in [0.25, 0.3) is 0 Å². The lowest BCUT2D eigenvalue weighted by Gasteiger charge is -2.10. The van der Waals surface area contributed by atoms with Crippen LogP contribution < -0.4 is 5.32 Å². The maximum Gasteiger partial charge on any atom is 0.238 e. The monoisotopic (exact) mass is 298 g/mol. The second kappa shape index (κ2) is 6.04. The third-order valence-electron chi connectivity index (χ3n) is 2.45. The number of aromatic nitrogens is 1. The van der Waals surface area contributed by atoms with Crippen LogP contribution in [-0.2, 0) is 4.79 Å². The molecule has 1 heterocycles.